The van der Waals surface area contributed by atoms with Crippen molar-refractivity contribution in [3.05, 3.63) is 47.5 Å². The Morgan fingerprint density at radius 1 is 1.11 bits per heavy atom. The van der Waals surface area contributed by atoms with E-state index in [1.807, 2.05) is 4.90 Å². The van der Waals surface area contributed by atoms with E-state index in [0.717, 1.165) is 13.1 Å². The molecule has 2 aliphatic heterocycles. The van der Waals surface area contributed by atoms with Crippen molar-refractivity contribution in [2.75, 3.05) is 48.3 Å². The van der Waals surface area contributed by atoms with E-state index in [2.05, 4.69) is 47.6 Å². The standard InChI is InChI=1S/C21H24N4O3/c1-14-4-3-5-18(15(14)2)24-8-10-25(11-9-24)21(27)22-16-6-7-17-19(12-16)28-13-20(26)23-17/h3-7,12H,8-11,13H2,1-2H3,(H,22,27)(H,23,26). The molecule has 0 atom stereocenters. The quantitative estimate of drug-likeness (QED) is 0.840. The molecule has 28 heavy (non-hydrogen) atoms. The Balaban J connectivity index is 1.37. The fourth-order valence-corrected chi connectivity index (χ4v) is 3.58. The number of carbonyl (C=O) groups is 2. The van der Waals surface area contributed by atoms with Gasteiger partial charge in [0.05, 0.1) is 5.69 Å². The zero-order chi connectivity index (χ0) is 19.7. The Hall–Kier alpha value is -3.22. The van der Waals surface area contributed by atoms with Crippen molar-refractivity contribution in [2.45, 2.75) is 13.8 Å². The van der Waals surface area contributed by atoms with Gasteiger partial charge >= 0.3 is 6.03 Å². The van der Waals surface area contributed by atoms with Gasteiger partial charge in [0, 0.05) is 43.6 Å². The van der Waals surface area contributed by atoms with E-state index in [4.69, 9.17) is 4.74 Å². The maximum absolute atomic E-state index is 12.6. The first kappa shape index (κ1) is 18.2. The van der Waals surface area contributed by atoms with Crippen molar-refractivity contribution in [3.63, 3.8) is 0 Å². The number of hydrogen-bond donors (Lipinski definition) is 2. The van der Waals surface area contributed by atoms with Crippen LogP contribution in [0.3, 0.4) is 0 Å². The van der Waals surface area contributed by atoms with Crippen LogP contribution in [0.4, 0.5) is 21.9 Å². The van der Waals surface area contributed by atoms with Crippen LogP contribution in [-0.4, -0.2) is 49.6 Å². The van der Waals surface area contributed by atoms with Gasteiger partial charge in [-0.25, -0.2) is 4.79 Å². The van der Waals surface area contributed by atoms with E-state index in [1.165, 1.54) is 16.8 Å². The lowest BCUT2D eigenvalue weighted by Crippen LogP contribution is -2.50. The number of carbonyl (C=O) groups excluding carboxylic acids is 2. The maximum Gasteiger partial charge on any atom is 0.321 e. The number of piperazine rings is 1. The topological polar surface area (TPSA) is 73.9 Å². The summed E-state index contributed by atoms with van der Waals surface area (Å²) >= 11 is 0. The minimum Gasteiger partial charge on any atom is -0.482 e. The summed E-state index contributed by atoms with van der Waals surface area (Å²) in [5.41, 5.74) is 5.09. The number of nitrogens with one attached hydrogen (secondary N) is 2. The summed E-state index contributed by atoms with van der Waals surface area (Å²) in [6.07, 6.45) is 0. The first-order valence-corrected chi connectivity index (χ1v) is 9.45. The molecule has 7 heteroatoms. The average Bonchev–Trinajstić information content (AvgIpc) is 2.70. The van der Waals surface area contributed by atoms with Crippen molar-refractivity contribution in [1.82, 2.24) is 4.90 Å². The maximum atomic E-state index is 12.6. The lowest BCUT2D eigenvalue weighted by molar-refractivity contribution is -0.118. The molecule has 2 aromatic carbocycles. The first-order chi connectivity index (χ1) is 13.5. The number of benzene rings is 2. The van der Waals surface area contributed by atoms with Crippen molar-refractivity contribution in [1.29, 1.82) is 0 Å². The Morgan fingerprint density at radius 2 is 1.89 bits per heavy atom. The number of ether oxygens (including phenoxy) is 1. The molecule has 1 saturated heterocycles. The zero-order valence-corrected chi connectivity index (χ0v) is 16.1. The van der Waals surface area contributed by atoms with Crippen LogP contribution in [0.25, 0.3) is 0 Å². The van der Waals surface area contributed by atoms with Crippen molar-refractivity contribution in [2.24, 2.45) is 0 Å². The summed E-state index contributed by atoms with van der Waals surface area (Å²) in [4.78, 5) is 28.1. The number of aryl methyl sites for hydroxylation is 1. The first-order valence-electron chi connectivity index (χ1n) is 9.45. The van der Waals surface area contributed by atoms with Crippen molar-refractivity contribution in [3.8, 4) is 5.75 Å². The summed E-state index contributed by atoms with van der Waals surface area (Å²) in [5.74, 6) is 0.392. The van der Waals surface area contributed by atoms with Gasteiger partial charge in [-0.1, -0.05) is 12.1 Å². The lowest BCUT2D eigenvalue weighted by Gasteiger charge is -2.37. The van der Waals surface area contributed by atoms with Gasteiger partial charge < -0.3 is 25.2 Å². The third-order valence-corrected chi connectivity index (χ3v) is 5.35. The smallest absolute Gasteiger partial charge is 0.321 e. The zero-order valence-electron chi connectivity index (χ0n) is 16.1. The lowest BCUT2D eigenvalue weighted by atomic mass is 10.1. The van der Waals surface area contributed by atoms with Gasteiger partial charge in [-0.2, -0.15) is 0 Å². The summed E-state index contributed by atoms with van der Waals surface area (Å²) in [7, 11) is 0. The van der Waals surface area contributed by atoms with Gasteiger partial charge in [-0.15, -0.1) is 0 Å². The minimum absolute atomic E-state index is 0.00919. The molecule has 0 saturated carbocycles. The Labute approximate surface area is 164 Å². The van der Waals surface area contributed by atoms with Gasteiger partial charge in [0.2, 0.25) is 0 Å². The molecule has 0 spiro atoms. The predicted molar refractivity (Wildman–Crippen MR) is 109 cm³/mol. The highest BCUT2D eigenvalue weighted by atomic mass is 16.5. The van der Waals surface area contributed by atoms with Gasteiger partial charge in [0.25, 0.3) is 5.91 Å². The number of hydrogen-bond acceptors (Lipinski definition) is 4. The normalized spacial score (nSPS) is 16.1. The third kappa shape index (κ3) is 3.60. The fourth-order valence-electron chi connectivity index (χ4n) is 3.58. The fraction of sp³-hybridized carbons (Fsp3) is 0.333. The molecule has 0 bridgehead atoms. The predicted octanol–water partition coefficient (Wildman–Crippen LogP) is 2.99. The molecule has 2 aromatic rings. The highest BCUT2D eigenvalue weighted by Gasteiger charge is 2.23. The Morgan fingerprint density at radius 3 is 2.68 bits per heavy atom. The second-order valence-corrected chi connectivity index (χ2v) is 7.17. The molecule has 1 fully saturated rings. The average molecular weight is 380 g/mol. The van der Waals surface area contributed by atoms with Crippen LogP contribution in [0, 0.1) is 13.8 Å². The van der Waals surface area contributed by atoms with Gasteiger partial charge in [0.15, 0.2) is 6.61 Å². The molecule has 2 heterocycles. The molecule has 7 nitrogen and oxygen atoms in total. The van der Waals surface area contributed by atoms with Gasteiger partial charge in [0.1, 0.15) is 5.75 Å². The molecule has 3 amide bonds. The second-order valence-electron chi connectivity index (χ2n) is 7.17. The van der Waals surface area contributed by atoms with E-state index >= 15 is 0 Å². The SMILES string of the molecule is Cc1cccc(N2CCN(C(=O)Nc3ccc4c(c3)OCC(=O)N4)CC2)c1C. The van der Waals surface area contributed by atoms with Crippen molar-refractivity contribution < 1.29 is 14.3 Å². The van der Waals surface area contributed by atoms with E-state index in [9.17, 15) is 9.59 Å². The highest BCUT2D eigenvalue weighted by Crippen LogP contribution is 2.30. The second kappa shape index (κ2) is 7.42. The van der Waals surface area contributed by atoms with Gasteiger partial charge in [-0.05, 0) is 43.2 Å². The third-order valence-electron chi connectivity index (χ3n) is 5.35. The number of nitrogens with zero attached hydrogens (tertiary/aromatic N) is 2. The summed E-state index contributed by atoms with van der Waals surface area (Å²) in [6.45, 7) is 7.19. The van der Waals surface area contributed by atoms with E-state index in [0.29, 0.717) is 30.2 Å². The summed E-state index contributed by atoms with van der Waals surface area (Å²) in [6, 6.07) is 11.5. The molecule has 0 aliphatic carbocycles. The number of fused-ring (bicyclic) bond motifs is 1. The van der Waals surface area contributed by atoms with Crippen LogP contribution >= 0.6 is 0 Å². The number of amides is 3. The molecule has 0 radical (unpaired) electrons. The molecular weight excluding hydrogens is 356 g/mol. The van der Waals surface area contributed by atoms with E-state index in [1.54, 1.807) is 18.2 Å². The summed E-state index contributed by atoms with van der Waals surface area (Å²) in [5, 5.41) is 5.66. The summed E-state index contributed by atoms with van der Waals surface area (Å²) < 4.78 is 5.40. The minimum atomic E-state index is -0.175. The van der Waals surface area contributed by atoms with Crippen LogP contribution in [-0.2, 0) is 4.79 Å². The molecule has 146 valence electrons. The van der Waals surface area contributed by atoms with Crippen LogP contribution in [0.1, 0.15) is 11.1 Å². The largest absolute Gasteiger partial charge is 0.482 e. The monoisotopic (exact) mass is 380 g/mol. The van der Waals surface area contributed by atoms with Crippen molar-refractivity contribution >= 4 is 29.0 Å². The molecule has 0 unspecified atom stereocenters. The van der Waals surface area contributed by atoms with Crippen LogP contribution in [0.15, 0.2) is 36.4 Å². The number of rotatable bonds is 2. The van der Waals surface area contributed by atoms with Crippen LogP contribution < -0.4 is 20.3 Å². The molecule has 4 rings (SSSR count). The molecular formula is C21H24N4O3. The van der Waals surface area contributed by atoms with Gasteiger partial charge in [-0.3, -0.25) is 4.79 Å². The Bertz CT molecular complexity index is 920. The van der Waals surface area contributed by atoms with Crippen LogP contribution in [0.5, 0.6) is 5.75 Å². The van der Waals surface area contributed by atoms with E-state index in [-0.39, 0.29) is 18.5 Å². The Kier molecular flexibility index (Phi) is 4.81. The van der Waals surface area contributed by atoms with E-state index < -0.39 is 0 Å². The number of anilines is 3. The number of urea groups is 1. The highest BCUT2D eigenvalue weighted by molar-refractivity contribution is 5.96. The molecule has 2 aliphatic rings. The molecule has 0 aromatic heterocycles. The van der Waals surface area contributed by atoms with Crippen LogP contribution in [0.2, 0.25) is 0 Å². The molecule has 2 N–H and O–H groups in total.